The molecule has 1 aromatic carbocycles. The molecule has 7 heteroatoms. The summed E-state index contributed by atoms with van der Waals surface area (Å²) in [7, 11) is 0. The first kappa shape index (κ1) is 17.4. The van der Waals surface area contributed by atoms with Gasteiger partial charge >= 0.3 is 0 Å². The molecule has 2 aromatic rings. The van der Waals surface area contributed by atoms with E-state index < -0.39 is 0 Å². The summed E-state index contributed by atoms with van der Waals surface area (Å²) in [6, 6.07) is 6.14. The number of thioether (sulfide) groups is 1. The van der Waals surface area contributed by atoms with Crippen LogP contribution in [0.1, 0.15) is 18.4 Å². The lowest BCUT2D eigenvalue weighted by Gasteiger charge is -2.15. The predicted molar refractivity (Wildman–Crippen MR) is 105 cm³/mol. The number of rotatable bonds is 4. The van der Waals surface area contributed by atoms with Crippen molar-refractivity contribution in [3.63, 3.8) is 0 Å². The molecule has 1 aliphatic rings. The molecule has 3 rings (SSSR count). The summed E-state index contributed by atoms with van der Waals surface area (Å²) < 4.78 is 2.39. The second-order valence-electron chi connectivity index (χ2n) is 6.06. The summed E-state index contributed by atoms with van der Waals surface area (Å²) in [5.74, 6) is 0.169. The van der Waals surface area contributed by atoms with Crippen LogP contribution in [0.15, 0.2) is 28.4 Å². The number of likely N-dealkylation sites (tertiary alicyclic amines) is 1. The Morgan fingerprint density at radius 1 is 1.29 bits per heavy atom. The van der Waals surface area contributed by atoms with E-state index in [2.05, 4.69) is 21.2 Å². The monoisotopic (exact) mass is 362 g/mol. The van der Waals surface area contributed by atoms with Crippen LogP contribution in [0.5, 0.6) is 5.88 Å². The van der Waals surface area contributed by atoms with Crippen molar-refractivity contribution in [2.24, 2.45) is 10.2 Å². The second kappa shape index (κ2) is 7.63. The third-order valence-electron chi connectivity index (χ3n) is 4.41. The molecule has 0 unspecified atom stereocenters. The van der Waals surface area contributed by atoms with Crippen LogP contribution < -0.4 is 0 Å². The Morgan fingerprint density at radius 3 is 2.75 bits per heavy atom. The quantitative estimate of drug-likeness (QED) is 0.643. The Hall–Kier alpha value is -1.44. The van der Waals surface area contributed by atoms with Gasteiger partial charge in [-0.25, -0.2) is 0 Å². The van der Waals surface area contributed by atoms with Crippen LogP contribution in [-0.2, 0) is 6.54 Å². The maximum Gasteiger partial charge on any atom is 0.220 e. The molecule has 0 saturated carbocycles. The van der Waals surface area contributed by atoms with Crippen LogP contribution in [0.2, 0.25) is 0 Å². The number of nitrogens with zero attached hydrogens (tertiary/aromatic N) is 4. The van der Waals surface area contributed by atoms with E-state index in [9.17, 15) is 5.11 Å². The minimum atomic E-state index is 0.169. The predicted octanol–water partition coefficient (Wildman–Crippen LogP) is 4.48. The summed E-state index contributed by atoms with van der Waals surface area (Å²) in [6.07, 6.45) is 4.40. The maximum absolute atomic E-state index is 10.7. The van der Waals surface area contributed by atoms with E-state index in [-0.39, 0.29) is 5.88 Å². The molecule has 2 heterocycles. The van der Waals surface area contributed by atoms with Gasteiger partial charge < -0.3 is 14.6 Å². The molecule has 1 aromatic heterocycles. The summed E-state index contributed by atoms with van der Waals surface area (Å²) in [6.45, 7) is 6.01. The lowest BCUT2D eigenvalue weighted by Crippen LogP contribution is -2.23. The van der Waals surface area contributed by atoms with Crippen LogP contribution in [0, 0.1) is 6.92 Å². The Bertz CT molecular complexity index is 778. The largest absolute Gasteiger partial charge is 0.493 e. The zero-order valence-corrected chi connectivity index (χ0v) is 15.7. The lowest BCUT2D eigenvalue weighted by atomic mass is 10.1. The number of aromatic nitrogens is 1. The summed E-state index contributed by atoms with van der Waals surface area (Å²) in [4.78, 5) is 2.43. The standard InChI is InChI=1S/C17H22N4OS2/c1-12-5-6-14-13(11-12)15(18-19-17(23)24-2)16(22)21(14)10-9-20-7-3-4-8-20/h5-6,11,22H,3-4,7-10H2,1-2H3. The fraction of sp³-hybridized carbons (Fsp3) is 0.471. The smallest absolute Gasteiger partial charge is 0.220 e. The highest BCUT2D eigenvalue weighted by molar-refractivity contribution is 8.22. The molecule has 0 radical (unpaired) electrons. The summed E-state index contributed by atoms with van der Waals surface area (Å²) in [5.41, 5.74) is 2.62. The fourth-order valence-electron chi connectivity index (χ4n) is 3.14. The minimum Gasteiger partial charge on any atom is -0.493 e. The topological polar surface area (TPSA) is 53.1 Å². The van der Waals surface area contributed by atoms with Crippen molar-refractivity contribution >= 4 is 44.9 Å². The molecule has 128 valence electrons. The van der Waals surface area contributed by atoms with E-state index in [0.29, 0.717) is 10.0 Å². The molecule has 24 heavy (non-hydrogen) atoms. The first-order valence-corrected chi connectivity index (χ1v) is 9.77. The number of hydrogen-bond donors (Lipinski definition) is 1. The van der Waals surface area contributed by atoms with E-state index in [1.54, 1.807) is 0 Å². The van der Waals surface area contributed by atoms with Gasteiger partial charge in [-0.2, -0.15) is 0 Å². The van der Waals surface area contributed by atoms with Crippen LogP contribution in [-0.4, -0.2) is 44.8 Å². The van der Waals surface area contributed by atoms with Crippen LogP contribution >= 0.6 is 24.0 Å². The van der Waals surface area contributed by atoms with Crippen LogP contribution in [0.25, 0.3) is 10.9 Å². The van der Waals surface area contributed by atoms with Gasteiger partial charge in [0.05, 0.1) is 5.52 Å². The second-order valence-corrected chi connectivity index (χ2v) is 7.50. The molecule has 1 saturated heterocycles. The third kappa shape index (κ3) is 3.63. The molecule has 5 nitrogen and oxygen atoms in total. The van der Waals surface area contributed by atoms with Gasteiger partial charge in [0, 0.05) is 18.5 Å². The fourth-order valence-corrected chi connectivity index (χ4v) is 3.30. The number of aromatic hydroxyl groups is 1. The number of azo groups is 1. The Kier molecular flexibility index (Phi) is 5.53. The Morgan fingerprint density at radius 2 is 2.04 bits per heavy atom. The number of thiocarbonyl (C=S) groups is 1. The van der Waals surface area contributed by atoms with E-state index in [1.807, 2.05) is 29.9 Å². The molecule has 0 atom stereocenters. The molecular formula is C17H22N4OS2. The molecule has 1 aliphatic heterocycles. The number of aryl methyl sites for hydroxylation is 1. The molecule has 0 bridgehead atoms. The molecular weight excluding hydrogens is 340 g/mol. The molecule has 1 fully saturated rings. The van der Waals surface area contributed by atoms with Crippen molar-refractivity contribution in [1.29, 1.82) is 0 Å². The molecule has 0 amide bonds. The van der Waals surface area contributed by atoms with Gasteiger partial charge in [-0.15, -0.1) is 10.2 Å². The normalized spacial score (nSPS) is 15.8. The SMILES string of the molecule is CSC(=S)N=Nc1c(O)n(CCN2CCCC2)c2ccc(C)cc12. The first-order chi connectivity index (χ1) is 11.6. The average Bonchev–Trinajstić information content (AvgIpc) is 3.17. The van der Waals surface area contributed by atoms with E-state index in [0.717, 1.165) is 42.6 Å². The molecule has 0 spiro atoms. The van der Waals surface area contributed by atoms with Crippen molar-refractivity contribution in [3.8, 4) is 5.88 Å². The Labute approximate surface area is 151 Å². The highest BCUT2D eigenvalue weighted by atomic mass is 32.2. The van der Waals surface area contributed by atoms with Crippen molar-refractivity contribution < 1.29 is 5.11 Å². The maximum atomic E-state index is 10.7. The molecule has 1 N–H and O–H groups in total. The van der Waals surface area contributed by atoms with Gasteiger partial charge in [0.25, 0.3) is 0 Å². The zero-order chi connectivity index (χ0) is 17.1. The van der Waals surface area contributed by atoms with Crippen molar-refractivity contribution in [2.75, 3.05) is 25.9 Å². The van der Waals surface area contributed by atoms with Crippen LogP contribution in [0.4, 0.5) is 5.69 Å². The number of benzene rings is 1. The van der Waals surface area contributed by atoms with E-state index in [4.69, 9.17) is 12.2 Å². The Balaban J connectivity index is 1.96. The number of fused-ring (bicyclic) bond motifs is 1. The lowest BCUT2D eigenvalue weighted by molar-refractivity contribution is 0.314. The van der Waals surface area contributed by atoms with Gasteiger partial charge in [0.15, 0.2) is 10.0 Å². The van der Waals surface area contributed by atoms with E-state index in [1.165, 1.54) is 24.6 Å². The summed E-state index contributed by atoms with van der Waals surface area (Å²) >= 11 is 6.45. The summed E-state index contributed by atoms with van der Waals surface area (Å²) in [5, 5.41) is 19.9. The first-order valence-electron chi connectivity index (χ1n) is 8.14. The molecule has 0 aliphatic carbocycles. The average molecular weight is 363 g/mol. The van der Waals surface area contributed by atoms with Gasteiger partial charge in [0.1, 0.15) is 0 Å². The third-order valence-corrected chi connectivity index (χ3v) is 5.42. The van der Waals surface area contributed by atoms with Crippen molar-refractivity contribution in [3.05, 3.63) is 23.8 Å². The van der Waals surface area contributed by atoms with Crippen molar-refractivity contribution in [1.82, 2.24) is 9.47 Å². The van der Waals surface area contributed by atoms with Gasteiger partial charge in [-0.1, -0.05) is 23.4 Å². The highest BCUT2D eigenvalue weighted by Crippen LogP contribution is 2.39. The van der Waals surface area contributed by atoms with Gasteiger partial charge in [-0.3, -0.25) is 0 Å². The van der Waals surface area contributed by atoms with Gasteiger partial charge in [-0.05, 0) is 63.5 Å². The van der Waals surface area contributed by atoms with E-state index >= 15 is 0 Å². The van der Waals surface area contributed by atoms with Crippen molar-refractivity contribution in [2.45, 2.75) is 26.3 Å². The van der Waals surface area contributed by atoms with Crippen LogP contribution in [0.3, 0.4) is 0 Å². The minimum absolute atomic E-state index is 0.169. The number of hydrogen-bond acceptors (Lipinski definition) is 5. The van der Waals surface area contributed by atoms with Gasteiger partial charge in [0.2, 0.25) is 5.88 Å². The zero-order valence-electron chi connectivity index (χ0n) is 14.0. The highest BCUT2D eigenvalue weighted by Gasteiger charge is 2.18.